The molecule has 2 unspecified atom stereocenters. The van der Waals surface area contributed by atoms with E-state index in [1.165, 1.54) is 17.9 Å². The second-order valence-corrected chi connectivity index (χ2v) is 11.5. The van der Waals surface area contributed by atoms with Crippen LogP contribution >= 0.6 is 0 Å². The van der Waals surface area contributed by atoms with Gasteiger partial charge >= 0.3 is 6.09 Å². The second-order valence-electron chi connectivity index (χ2n) is 11.5. The Labute approximate surface area is 224 Å². The summed E-state index contributed by atoms with van der Waals surface area (Å²) in [5.74, 6) is -1.18. The van der Waals surface area contributed by atoms with E-state index in [-0.39, 0.29) is 36.7 Å². The number of hydrogen-bond donors (Lipinski definition) is 2. The minimum Gasteiger partial charge on any atom is -0.443 e. The topological polar surface area (TPSA) is 91.0 Å². The Morgan fingerprint density at radius 2 is 1.95 bits per heavy atom. The number of hydrogen-bond acceptors (Lipinski definition) is 5. The Balaban J connectivity index is 1.67. The third-order valence-corrected chi connectivity index (χ3v) is 7.81. The number of amides is 3. The Hall–Kier alpha value is -3.20. The normalized spacial score (nSPS) is 27.8. The van der Waals surface area contributed by atoms with Crippen LogP contribution in [0, 0.1) is 5.92 Å². The maximum atomic E-state index is 15.2. The Kier molecular flexibility index (Phi) is 7.70. The van der Waals surface area contributed by atoms with Gasteiger partial charge in [-0.05, 0) is 59.2 Å². The summed E-state index contributed by atoms with van der Waals surface area (Å²) in [6.07, 6.45) is 1.51. The fourth-order valence-electron chi connectivity index (χ4n) is 5.98. The summed E-state index contributed by atoms with van der Waals surface area (Å²) in [6.45, 7) is 11.7. The van der Waals surface area contributed by atoms with Crippen molar-refractivity contribution in [1.82, 2.24) is 20.4 Å². The molecule has 0 bridgehead atoms. The fourth-order valence-corrected chi connectivity index (χ4v) is 5.98. The van der Waals surface area contributed by atoms with Crippen molar-refractivity contribution in [2.24, 2.45) is 5.92 Å². The molecule has 206 valence electrons. The molecule has 0 spiro atoms. The zero-order valence-electron chi connectivity index (χ0n) is 23.1. The number of likely N-dealkylation sites (N-methyl/N-ethyl adjacent to an activating group) is 1. The molecule has 38 heavy (non-hydrogen) atoms. The number of rotatable bonds is 5. The molecule has 1 aromatic rings. The minimum absolute atomic E-state index is 0.0450. The molecule has 0 saturated carbocycles. The number of halogens is 1. The number of carbonyl (C=O) groups excluding carboxylic acids is 3. The maximum Gasteiger partial charge on any atom is 0.414 e. The van der Waals surface area contributed by atoms with Crippen LogP contribution < -0.4 is 10.6 Å². The second kappa shape index (κ2) is 10.5. The van der Waals surface area contributed by atoms with Gasteiger partial charge in [0.15, 0.2) is 0 Å². The van der Waals surface area contributed by atoms with Crippen molar-refractivity contribution >= 4 is 17.9 Å². The van der Waals surface area contributed by atoms with Gasteiger partial charge in [-0.3, -0.25) is 19.4 Å². The Morgan fingerprint density at radius 3 is 2.55 bits per heavy atom. The lowest BCUT2D eigenvalue weighted by Crippen LogP contribution is -2.62. The predicted octanol–water partition coefficient (Wildman–Crippen LogP) is 4.21. The number of piperidine rings is 1. The first-order valence-electron chi connectivity index (χ1n) is 13.3. The van der Waals surface area contributed by atoms with Crippen molar-refractivity contribution in [3.63, 3.8) is 0 Å². The molecule has 4 rings (SSSR count). The SMILES string of the molecule is CCN(C(=O)OC(C)(C)C)C1=C2NC(=O)C(C)(N3CC[C@H](c4ccccc4)[C@@H](NC(C)=O)C3)C2CC(F)=C1. The molecule has 2 saturated heterocycles. The molecule has 4 atom stereocenters. The zero-order chi connectivity index (χ0) is 27.8. The molecule has 2 N–H and O–H groups in total. The number of benzene rings is 1. The van der Waals surface area contributed by atoms with Crippen LogP contribution in [0.4, 0.5) is 9.18 Å². The van der Waals surface area contributed by atoms with Crippen LogP contribution in [0.5, 0.6) is 0 Å². The van der Waals surface area contributed by atoms with E-state index in [0.29, 0.717) is 24.5 Å². The van der Waals surface area contributed by atoms with Crippen molar-refractivity contribution in [3.05, 3.63) is 59.2 Å². The summed E-state index contributed by atoms with van der Waals surface area (Å²) in [6, 6.07) is 9.84. The van der Waals surface area contributed by atoms with Gasteiger partial charge in [-0.25, -0.2) is 9.18 Å². The quantitative estimate of drug-likeness (QED) is 0.600. The van der Waals surface area contributed by atoms with Gasteiger partial charge in [0.2, 0.25) is 11.8 Å². The fraction of sp³-hybridized carbons (Fsp3) is 0.552. The summed E-state index contributed by atoms with van der Waals surface area (Å²) in [5.41, 5.74) is 0.217. The molecule has 8 nitrogen and oxygen atoms in total. The number of nitrogens with zero attached hydrogens (tertiary/aromatic N) is 2. The summed E-state index contributed by atoms with van der Waals surface area (Å²) >= 11 is 0. The lowest BCUT2D eigenvalue weighted by Gasteiger charge is -2.47. The maximum absolute atomic E-state index is 15.2. The number of nitrogens with one attached hydrogen (secondary N) is 2. The molecule has 0 aromatic heterocycles. The molecule has 1 aliphatic carbocycles. The van der Waals surface area contributed by atoms with Crippen LogP contribution in [0.25, 0.3) is 0 Å². The van der Waals surface area contributed by atoms with Crippen molar-refractivity contribution < 1.29 is 23.5 Å². The van der Waals surface area contributed by atoms with E-state index in [1.807, 2.05) is 25.1 Å². The van der Waals surface area contributed by atoms with Gasteiger partial charge in [0, 0.05) is 50.0 Å². The highest BCUT2D eigenvalue weighted by Gasteiger charge is 2.57. The molecular formula is C29H39FN4O4. The number of ether oxygens (including phenoxy) is 1. The molecule has 3 aliphatic rings. The van der Waals surface area contributed by atoms with Gasteiger partial charge in [-0.2, -0.15) is 0 Å². The van der Waals surface area contributed by atoms with E-state index in [0.717, 1.165) is 12.0 Å². The highest BCUT2D eigenvalue weighted by molar-refractivity contribution is 5.92. The number of likely N-dealkylation sites (tertiary alicyclic amines) is 1. The summed E-state index contributed by atoms with van der Waals surface area (Å²) in [4.78, 5) is 42.2. The summed E-state index contributed by atoms with van der Waals surface area (Å²) < 4.78 is 20.7. The molecule has 3 amide bonds. The lowest BCUT2D eigenvalue weighted by atomic mass is 9.76. The van der Waals surface area contributed by atoms with E-state index in [4.69, 9.17) is 4.74 Å². The average molecular weight is 527 g/mol. The number of fused-ring (bicyclic) bond motifs is 1. The van der Waals surface area contributed by atoms with E-state index in [9.17, 15) is 14.4 Å². The third kappa shape index (κ3) is 5.34. The number of carbonyl (C=O) groups is 3. The first kappa shape index (κ1) is 27.8. The van der Waals surface area contributed by atoms with Crippen LogP contribution in [0.2, 0.25) is 0 Å². The van der Waals surface area contributed by atoms with Gasteiger partial charge in [-0.15, -0.1) is 0 Å². The van der Waals surface area contributed by atoms with E-state index < -0.39 is 29.0 Å². The summed E-state index contributed by atoms with van der Waals surface area (Å²) in [5, 5.41) is 6.09. The van der Waals surface area contributed by atoms with Crippen LogP contribution in [0.15, 0.2) is 53.6 Å². The third-order valence-electron chi connectivity index (χ3n) is 7.81. The first-order chi connectivity index (χ1) is 17.8. The van der Waals surface area contributed by atoms with Gasteiger partial charge < -0.3 is 15.4 Å². The van der Waals surface area contributed by atoms with Crippen molar-refractivity contribution in [3.8, 4) is 0 Å². The molecule has 9 heteroatoms. The lowest BCUT2D eigenvalue weighted by molar-refractivity contribution is -0.132. The van der Waals surface area contributed by atoms with Gasteiger partial charge in [0.25, 0.3) is 0 Å². The molecular weight excluding hydrogens is 487 g/mol. The van der Waals surface area contributed by atoms with Crippen LogP contribution in [-0.4, -0.2) is 64.5 Å². The van der Waals surface area contributed by atoms with Crippen LogP contribution in [0.3, 0.4) is 0 Å². The van der Waals surface area contributed by atoms with E-state index >= 15 is 4.39 Å². The summed E-state index contributed by atoms with van der Waals surface area (Å²) in [7, 11) is 0. The molecule has 0 radical (unpaired) electrons. The van der Waals surface area contributed by atoms with E-state index in [1.54, 1.807) is 27.7 Å². The minimum atomic E-state index is -1.06. The largest absolute Gasteiger partial charge is 0.443 e. The van der Waals surface area contributed by atoms with Crippen molar-refractivity contribution in [2.45, 2.75) is 77.5 Å². The van der Waals surface area contributed by atoms with Crippen LogP contribution in [0.1, 0.15) is 65.9 Å². The molecule has 2 fully saturated rings. The molecule has 1 aromatic carbocycles. The number of allylic oxidation sites excluding steroid dienone is 2. The highest BCUT2D eigenvalue weighted by Crippen LogP contribution is 2.46. The molecule has 2 heterocycles. The average Bonchev–Trinajstić information content (AvgIpc) is 3.09. The van der Waals surface area contributed by atoms with Crippen molar-refractivity contribution in [1.29, 1.82) is 0 Å². The van der Waals surface area contributed by atoms with Crippen LogP contribution in [-0.2, 0) is 14.3 Å². The zero-order valence-corrected chi connectivity index (χ0v) is 23.1. The predicted molar refractivity (Wildman–Crippen MR) is 142 cm³/mol. The molecule has 2 aliphatic heterocycles. The standard InChI is InChI=1S/C29H39FN4O4/c1-7-34(27(37)38-28(3,4)5)24-16-20(30)15-22-25(24)32-26(36)29(22,6)33-14-13-21(19-11-9-8-10-12-19)23(17-33)31-18(2)35/h8-12,16,21-23H,7,13-15,17H2,1-6H3,(H,31,35)(H,32,36)/t21-,22?,23+,29?/m1/s1. The highest BCUT2D eigenvalue weighted by atomic mass is 19.1. The van der Waals surface area contributed by atoms with Gasteiger partial charge in [-0.1, -0.05) is 30.3 Å². The van der Waals surface area contributed by atoms with Crippen molar-refractivity contribution in [2.75, 3.05) is 19.6 Å². The van der Waals surface area contributed by atoms with Gasteiger partial charge in [0.05, 0.1) is 5.70 Å². The van der Waals surface area contributed by atoms with Gasteiger partial charge in [0.1, 0.15) is 17.0 Å². The Bertz CT molecular complexity index is 1160. The van der Waals surface area contributed by atoms with E-state index in [2.05, 4.69) is 27.7 Å². The Morgan fingerprint density at radius 1 is 1.26 bits per heavy atom. The smallest absolute Gasteiger partial charge is 0.414 e. The monoisotopic (exact) mass is 526 g/mol. The first-order valence-corrected chi connectivity index (χ1v) is 13.3.